The molecular weight excluding hydrogens is 338 g/mol. The molecule has 0 fully saturated rings. The predicted octanol–water partition coefficient (Wildman–Crippen LogP) is 0.872. The van der Waals surface area contributed by atoms with Crippen LogP contribution in [0.15, 0.2) is 30.0 Å². The van der Waals surface area contributed by atoms with Crippen LogP contribution in [0.2, 0.25) is 0 Å². The molecule has 4 rings (SSSR count). The molecule has 2 N–H and O–H groups in total. The van der Waals surface area contributed by atoms with Crippen LogP contribution < -0.4 is 10.6 Å². The molecule has 8 nitrogen and oxygen atoms in total. The molecule has 9 heteroatoms. The number of thiazole rings is 1. The van der Waals surface area contributed by atoms with Crippen LogP contribution in [0.1, 0.15) is 22.0 Å². The van der Waals surface area contributed by atoms with E-state index in [-0.39, 0.29) is 5.91 Å². The zero-order valence-corrected chi connectivity index (χ0v) is 14.3. The second-order valence-electron chi connectivity index (χ2n) is 5.63. The second kappa shape index (κ2) is 7.08. The van der Waals surface area contributed by atoms with Gasteiger partial charge in [-0.3, -0.25) is 4.79 Å². The molecule has 0 aliphatic carbocycles. The van der Waals surface area contributed by atoms with E-state index < -0.39 is 0 Å². The number of hydrogen-bond donors (Lipinski definition) is 2. The number of fused-ring (bicyclic) bond motifs is 1. The van der Waals surface area contributed by atoms with Crippen molar-refractivity contribution in [3.8, 4) is 10.8 Å². The van der Waals surface area contributed by atoms with Crippen LogP contribution in [0.3, 0.4) is 0 Å². The number of carbonyl (C=O) groups is 1. The number of hydrogen-bond acceptors (Lipinski definition) is 7. The highest BCUT2D eigenvalue weighted by atomic mass is 32.1. The van der Waals surface area contributed by atoms with Crippen molar-refractivity contribution in [2.45, 2.75) is 19.5 Å². The van der Waals surface area contributed by atoms with E-state index in [2.05, 4.69) is 30.6 Å². The quantitative estimate of drug-likeness (QED) is 0.705. The third-order valence-electron chi connectivity index (χ3n) is 3.88. The predicted molar refractivity (Wildman–Crippen MR) is 93.1 cm³/mol. The second-order valence-corrected chi connectivity index (χ2v) is 6.49. The van der Waals surface area contributed by atoms with Gasteiger partial charge >= 0.3 is 0 Å². The fraction of sp³-hybridized carbons (Fsp3) is 0.312. The molecule has 0 atom stereocenters. The van der Waals surface area contributed by atoms with Gasteiger partial charge in [0, 0.05) is 50.0 Å². The van der Waals surface area contributed by atoms with E-state index in [9.17, 15) is 4.79 Å². The highest BCUT2D eigenvalue weighted by Crippen LogP contribution is 2.19. The zero-order chi connectivity index (χ0) is 17.1. The zero-order valence-electron chi connectivity index (χ0n) is 13.5. The van der Waals surface area contributed by atoms with Crippen LogP contribution in [0, 0.1) is 0 Å². The summed E-state index contributed by atoms with van der Waals surface area (Å²) in [5.74, 6) is 1.38. The first kappa shape index (κ1) is 15.9. The van der Waals surface area contributed by atoms with Gasteiger partial charge in [0.25, 0.3) is 5.91 Å². The summed E-state index contributed by atoms with van der Waals surface area (Å²) < 4.78 is 2.03. The summed E-state index contributed by atoms with van der Waals surface area (Å²) >= 11 is 1.50. The molecule has 0 aromatic carbocycles. The summed E-state index contributed by atoms with van der Waals surface area (Å²) in [5.41, 5.74) is 1.39. The average molecular weight is 355 g/mol. The summed E-state index contributed by atoms with van der Waals surface area (Å²) in [7, 11) is 0. The van der Waals surface area contributed by atoms with Gasteiger partial charge in [0.1, 0.15) is 11.5 Å². The molecule has 25 heavy (non-hydrogen) atoms. The molecule has 1 amide bonds. The number of rotatable bonds is 5. The smallest absolute Gasteiger partial charge is 0.271 e. The first-order valence-corrected chi connectivity index (χ1v) is 8.94. The van der Waals surface area contributed by atoms with E-state index in [4.69, 9.17) is 0 Å². The van der Waals surface area contributed by atoms with Crippen LogP contribution in [0.25, 0.3) is 10.8 Å². The third kappa shape index (κ3) is 3.57. The molecule has 3 aromatic heterocycles. The molecule has 4 heterocycles. The van der Waals surface area contributed by atoms with E-state index in [0.29, 0.717) is 31.0 Å². The van der Waals surface area contributed by atoms with Crippen LogP contribution in [0.5, 0.6) is 0 Å². The van der Waals surface area contributed by atoms with Crippen molar-refractivity contribution < 1.29 is 4.79 Å². The Hall–Kier alpha value is -2.65. The van der Waals surface area contributed by atoms with Crippen molar-refractivity contribution in [2.75, 3.05) is 13.1 Å². The number of carbonyl (C=O) groups excluding carboxylic acids is 1. The number of nitrogens with one attached hydrogen (secondary N) is 2. The molecule has 0 bridgehead atoms. The Morgan fingerprint density at radius 1 is 1.32 bits per heavy atom. The molecule has 0 unspecified atom stereocenters. The highest BCUT2D eigenvalue weighted by Gasteiger charge is 2.16. The fourth-order valence-electron chi connectivity index (χ4n) is 2.63. The molecule has 0 spiro atoms. The van der Waals surface area contributed by atoms with Gasteiger partial charge < -0.3 is 15.2 Å². The Bertz CT molecular complexity index is 850. The Morgan fingerprint density at radius 3 is 3.04 bits per heavy atom. The van der Waals surface area contributed by atoms with Crippen molar-refractivity contribution in [3.63, 3.8) is 0 Å². The third-order valence-corrected chi connectivity index (χ3v) is 4.77. The van der Waals surface area contributed by atoms with E-state index >= 15 is 0 Å². The lowest BCUT2D eigenvalue weighted by molar-refractivity contribution is 0.0949. The van der Waals surface area contributed by atoms with Gasteiger partial charge in [0.05, 0.1) is 12.2 Å². The standard InChI is InChI=1S/C16H17N7OS/c24-15(12-9-23-7-6-17-8-13(23)22-12)20-5-2-11-10-25-16(21-11)14-18-3-1-4-19-14/h1,3-4,9-10,17H,2,5-8H2,(H,20,24). The minimum Gasteiger partial charge on any atom is -0.350 e. The summed E-state index contributed by atoms with van der Waals surface area (Å²) in [4.78, 5) is 29.5. The Labute approximate surface area is 148 Å². The summed E-state index contributed by atoms with van der Waals surface area (Å²) in [6.07, 6.45) is 5.87. The lowest BCUT2D eigenvalue weighted by atomic mass is 10.3. The summed E-state index contributed by atoms with van der Waals surface area (Å²) in [6.45, 7) is 2.97. The first-order valence-electron chi connectivity index (χ1n) is 8.06. The van der Waals surface area contributed by atoms with Crippen LogP contribution in [-0.2, 0) is 19.5 Å². The van der Waals surface area contributed by atoms with Crippen molar-refractivity contribution in [1.29, 1.82) is 0 Å². The molecule has 3 aromatic rings. The number of amides is 1. The number of imidazole rings is 1. The molecule has 0 radical (unpaired) electrons. The maximum absolute atomic E-state index is 12.2. The van der Waals surface area contributed by atoms with Gasteiger partial charge in [-0.1, -0.05) is 0 Å². The van der Waals surface area contributed by atoms with Gasteiger partial charge in [0.15, 0.2) is 10.8 Å². The van der Waals surface area contributed by atoms with Crippen molar-refractivity contribution >= 4 is 17.2 Å². The maximum atomic E-state index is 12.2. The Balaban J connectivity index is 1.32. The van der Waals surface area contributed by atoms with Crippen molar-refractivity contribution in [3.05, 3.63) is 47.2 Å². The molecular formula is C16H17N7OS. The largest absolute Gasteiger partial charge is 0.350 e. The lowest BCUT2D eigenvalue weighted by Gasteiger charge is -2.13. The van der Waals surface area contributed by atoms with Gasteiger partial charge in [-0.15, -0.1) is 11.3 Å². The SMILES string of the molecule is O=C(NCCc1csc(-c2ncccn2)n1)c1cn2c(n1)CNCC2. The van der Waals surface area contributed by atoms with E-state index in [1.54, 1.807) is 18.5 Å². The molecule has 1 aliphatic rings. The normalized spacial score (nSPS) is 13.4. The first-order chi connectivity index (χ1) is 12.3. The Morgan fingerprint density at radius 2 is 2.20 bits per heavy atom. The topological polar surface area (TPSA) is 97.6 Å². The van der Waals surface area contributed by atoms with E-state index in [0.717, 1.165) is 29.6 Å². The van der Waals surface area contributed by atoms with Gasteiger partial charge in [-0.05, 0) is 6.07 Å². The van der Waals surface area contributed by atoms with Gasteiger partial charge in [-0.25, -0.2) is 19.9 Å². The fourth-order valence-corrected chi connectivity index (χ4v) is 3.43. The average Bonchev–Trinajstić information content (AvgIpc) is 3.29. The van der Waals surface area contributed by atoms with Crippen molar-refractivity contribution in [2.24, 2.45) is 0 Å². The minimum absolute atomic E-state index is 0.149. The van der Waals surface area contributed by atoms with E-state index in [1.165, 1.54) is 11.3 Å². The van der Waals surface area contributed by atoms with Crippen LogP contribution >= 0.6 is 11.3 Å². The van der Waals surface area contributed by atoms with Crippen LogP contribution in [-0.4, -0.2) is 43.5 Å². The summed E-state index contributed by atoms with van der Waals surface area (Å²) in [6, 6.07) is 1.78. The molecule has 0 saturated carbocycles. The molecule has 1 aliphatic heterocycles. The van der Waals surface area contributed by atoms with E-state index in [1.807, 2.05) is 16.1 Å². The minimum atomic E-state index is -0.149. The highest BCUT2D eigenvalue weighted by molar-refractivity contribution is 7.13. The summed E-state index contributed by atoms with van der Waals surface area (Å²) in [5, 5.41) is 8.90. The number of aromatic nitrogens is 5. The number of nitrogens with zero attached hydrogens (tertiary/aromatic N) is 5. The van der Waals surface area contributed by atoms with Gasteiger partial charge in [-0.2, -0.15) is 0 Å². The Kier molecular flexibility index (Phi) is 4.49. The monoisotopic (exact) mass is 355 g/mol. The maximum Gasteiger partial charge on any atom is 0.271 e. The van der Waals surface area contributed by atoms with Gasteiger partial charge in [0.2, 0.25) is 0 Å². The van der Waals surface area contributed by atoms with Crippen molar-refractivity contribution in [1.82, 2.24) is 35.1 Å². The lowest BCUT2D eigenvalue weighted by Crippen LogP contribution is -2.27. The molecule has 128 valence electrons. The van der Waals surface area contributed by atoms with Crippen LogP contribution in [0.4, 0.5) is 0 Å². The molecule has 0 saturated heterocycles.